The summed E-state index contributed by atoms with van der Waals surface area (Å²) in [6.07, 6.45) is 2.54. The summed E-state index contributed by atoms with van der Waals surface area (Å²) in [7, 11) is 0. The predicted octanol–water partition coefficient (Wildman–Crippen LogP) is 3.69. The van der Waals surface area contributed by atoms with Gasteiger partial charge >= 0.3 is 0 Å². The first-order valence-electron chi connectivity index (χ1n) is 8.34. The highest BCUT2D eigenvalue weighted by Gasteiger charge is 2.24. The summed E-state index contributed by atoms with van der Waals surface area (Å²) in [4.78, 5) is 0. The molecule has 1 aromatic heterocycles. The zero-order valence-electron chi connectivity index (χ0n) is 14.3. The van der Waals surface area contributed by atoms with Crippen molar-refractivity contribution >= 4 is 34.3 Å². The second-order valence-electron chi connectivity index (χ2n) is 6.30. The van der Waals surface area contributed by atoms with E-state index in [1.165, 1.54) is 17.6 Å². The first kappa shape index (κ1) is 18.1. The number of benzene rings is 1. The van der Waals surface area contributed by atoms with Crippen molar-refractivity contribution in [2.24, 2.45) is 5.92 Å². The lowest BCUT2D eigenvalue weighted by molar-refractivity contribution is 0.242. The molecule has 1 aliphatic heterocycles. The third-order valence-corrected chi connectivity index (χ3v) is 5.22. The summed E-state index contributed by atoms with van der Waals surface area (Å²) in [6.45, 7) is 5.70. The summed E-state index contributed by atoms with van der Waals surface area (Å²) in [5.41, 5.74) is 0.917. The van der Waals surface area contributed by atoms with Crippen molar-refractivity contribution in [1.82, 2.24) is 15.5 Å². The first-order chi connectivity index (χ1) is 12.1. The number of halogens is 1. The van der Waals surface area contributed by atoms with Gasteiger partial charge in [-0.2, -0.15) is 0 Å². The van der Waals surface area contributed by atoms with E-state index >= 15 is 0 Å². The molecule has 134 valence electrons. The molecule has 1 aliphatic rings. The SMILES string of the molecule is CC(C)Oc1ccc(-c2nnc(NC3CCNCC3C=N)s2)cc1Cl. The number of rotatable bonds is 6. The molecule has 0 saturated carbocycles. The van der Waals surface area contributed by atoms with Gasteiger partial charge in [0, 0.05) is 30.3 Å². The maximum atomic E-state index is 7.56. The van der Waals surface area contributed by atoms with Gasteiger partial charge in [0.15, 0.2) is 0 Å². The van der Waals surface area contributed by atoms with E-state index in [1.54, 1.807) is 0 Å². The second-order valence-corrected chi connectivity index (χ2v) is 7.68. The molecular formula is C17H22ClN5OS. The van der Waals surface area contributed by atoms with E-state index in [2.05, 4.69) is 20.8 Å². The van der Waals surface area contributed by atoms with Gasteiger partial charge in [-0.15, -0.1) is 10.2 Å². The van der Waals surface area contributed by atoms with Crippen LogP contribution in [-0.4, -0.2) is 41.6 Å². The number of nitrogens with zero attached hydrogens (tertiary/aromatic N) is 2. The normalized spacial score (nSPS) is 20.5. The van der Waals surface area contributed by atoms with Gasteiger partial charge in [-0.25, -0.2) is 0 Å². The van der Waals surface area contributed by atoms with Crippen molar-refractivity contribution in [3.05, 3.63) is 23.2 Å². The average molecular weight is 380 g/mol. The zero-order valence-corrected chi connectivity index (χ0v) is 15.8. The Morgan fingerprint density at radius 3 is 3.00 bits per heavy atom. The maximum Gasteiger partial charge on any atom is 0.206 e. The lowest BCUT2D eigenvalue weighted by atomic mass is 9.95. The number of hydrogen-bond donors (Lipinski definition) is 3. The van der Waals surface area contributed by atoms with Crippen LogP contribution in [0.25, 0.3) is 10.6 Å². The third kappa shape index (κ3) is 4.48. The molecule has 2 heterocycles. The molecule has 0 amide bonds. The van der Waals surface area contributed by atoms with Gasteiger partial charge in [-0.3, -0.25) is 0 Å². The van der Waals surface area contributed by atoms with E-state index in [-0.39, 0.29) is 18.1 Å². The standard InChI is InChI=1S/C17H22ClN5OS/c1-10(2)24-15-4-3-11(7-13(15)18)16-22-23-17(25-16)21-14-5-6-20-9-12(14)8-19/h3-4,7-8,10,12,14,19-20H,5-6,9H2,1-2H3,(H,21,23). The van der Waals surface area contributed by atoms with Crippen molar-refractivity contribution in [2.75, 3.05) is 18.4 Å². The molecular weight excluding hydrogens is 358 g/mol. The smallest absolute Gasteiger partial charge is 0.206 e. The largest absolute Gasteiger partial charge is 0.489 e. The van der Waals surface area contributed by atoms with E-state index < -0.39 is 0 Å². The number of ether oxygens (including phenoxy) is 1. The van der Waals surface area contributed by atoms with Gasteiger partial charge < -0.3 is 20.8 Å². The van der Waals surface area contributed by atoms with E-state index in [1.807, 2.05) is 32.0 Å². The van der Waals surface area contributed by atoms with Crippen LogP contribution in [0.4, 0.5) is 5.13 Å². The first-order valence-corrected chi connectivity index (χ1v) is 9.54. The van der Waals surface area contributed by atoms with Crippen molar-refractivity contribution in [3.8, 4) is 16.3 Å². The highest BCUT2D eigenvalue weighted by atomic mass is 35.5. The van der Waals surface area contributed by atoms with Gasteiger partial charge in [0.25, 0.3) is 0 Å². The number of anilines is 1. The monoisotopic (exact) mass is 379 g/mol. The molecule has 0 spiro atoms. The lowest BCUT2D eigenvalue weighted by Gasteiger charge is -2.29. The number of nitrogens with one attached hydrogen (secondary N) is 3. The van der Waals surface area contributed by atoms with E-state index in [0.29, 0.717) is 10.8 Å². The van der Waals surface area contributed by atoms with Crippen LogP contribution in [0.5, 0.6) is 5.75 Å². The minimum atomic E-state index is 0.0763. The summed E-state index contributed by atoms with van der Waals surface area (Å²) in [5, 5.41) is 24.9. The molecule has 0 aliphatic carbocycles. The summed E-state index contributed by atoms with van der Waals surface area (Å²) in [6, 6.07) is 5.88. The number of piperidine rings is 1. The van der Waals surface area contributed by atoms with Gasteiger partial charge in [0.05, 0.1) is 11.1 Å². The van der Waals surface area contributed by atoms with E-state index in [4.69, 9.17) is 21.7 Å². The lowest BCUT2D eigenvalue weighted by Crippen LogP contribution is -2.44. The summed E-state index contributed by atoms with van der Waals surface area (Å²) in [5.74, 6) is 0.842. The molecule has 3 N–H and O–H groups in total. The van der Waals surface area contributed by atoms with E-state index in [0.717, 1.165) is 35.2 Å². The Hall–Kier alpha value is -1.70. The minimum Gasteiger partial charge on any atom is -0.489 e. The topological polar surface area (TPSA) is 82.9 Å². The Bertz CT molecular complexity index is 736. The molecule has 1 aromatic carbocycles. The Kier molecular flexibility index (Phi) is 5.88. The Morgan fingerprint density at radius 2 is 2.28 bits per heavy atom. The zero-order chi connectivity index (χ0) is 17.8. The molecule has 3 rings (SSSR count). The van der Waals surface area contributed by atoms with Crippen LogP contribution in [-0.2, 0) is 0 Å². The van der Waals surface area contributed by atoms with Crippen LogP contribution >= 0.6 is 22.9 Å². The van der Waals surface area contributed by atoms with Crippen molar-refractivity contribution in [2.45, 2.75) is 32.4 Å². The maximum absolute atomic E-state index is 7.56. The van der Waals surface area contributed by atoms with Gasteiger partial charge in [-0.1, -0.05) is 22.9 Å². The number of hydrogen-bond acceptors (Lipinski definition) is 7. The molecule has 6 nitrogen and oxygen atoms in total. The highest BCUT2D eigenvalue weighted by molar-refractivity contribution is 7.18. The van der Waals surface area contributed by atoms with Crippen LogP contribution in [0, 0.1) is 11.3 Å². The molecule has 2 unspecified atom stereocenters. The van der Waals surface area contributed by atoms with Crippen LogP contribution in [0.2, 0.25) is 5.02 Å². The minimum absolute atomic E-state index is 0.0763. The second kappa shape index (κ2) is 8.12. The van der Waals surface area contributed by atoms with Crippen molar-refractivity contribution in [3.63, 3.8) is 0 Å². The fourth-order valence-electron chi connectivity index (χ4n) is 2.78. The summed E-state index contributed by atoms with van der Waals surface area (Å²) >= 11 is 7.80. The fourth-order valence-corrected chi connectivity index (χ4v) is 3.80. The highest BCUT2D eigenvalue weighted by Crippen LogP contribution is 2.33. The molecule has 1 saturated heterocycles. The molecule has 8 heteroatoms. The Morgan fingerprint density at radius 1 is 1.44 bits per heavy atom. The van der Waals surface area contributed by atoms with Crippen molar-refractivity contribution in [1.29, 1.82) is 5.41 Å². The van der Waals surface area contributed by atoms with Crippen molar-refractivity contribution < 1.29 is 4.74 Å². The fraction of sp³-hybridized carbons (Fsp3) is 0.471. The molecule has 0 bridgehead atoms. The van der Waals surface area contributed by atoms with E-state index in [9.17, 15) is 0 Å². The van der Waals surface area contributed by atoms with Gasteiger partial charge in [0.1, 0.15) is 10.8 Å². The summed E-state index contributed by atoms with van der Waals surface area (Å²) < 4.78 is 5.66. The van der Waals surface area contributed by atoms with Gasteiger partial charge in [0.2, 0.25) is 5.13 Å². The molecule has 0 radical (unpaired) electrons. The number of aromatic nitrogens is 2. The third-order valence-electron chi connectivity index (χ3n) is 4.02. The quantitative estimate of drug-likeness (QED) is 0.667. The average Bonchev–Trinajstić information content (AvgIpc) is 3.05. The van der Waals surface area contributed by atoms with Crippen LogP contribution in [0.15, 0.2) is 18.2 Å². The molecule has 1 fully saturated rings. The molecule has 2 atom stereocenters. The molecule has 2 aromatic rings. The Labute approximate surface area is 156 Å². The van der Waals surface area contributed by atoms with Crippen LogP contribution in [0.3, 0.4) is 0 Å². The van der Waals surface area contributed by atoms with Crippen LogP contribution < -0.4 is 15.4 Å². The molecule has 25 heavy (non-hydrogen) atoms. The van der Waals surface area contributed by atoms with Crippen LogP contribution in [0.1, 0.15) is 20.3 Å². The Balaban J connectivity index is 1.72. The predicted molar refractivity (Wildman–Crippen MR) is 103 cm³/mol. The van der Waals surface area contributed by atoms with Gasteiger partial charge in [-0.05, 0) is 45.0 Å².